The van der Waals surface area contributed by atoms with Gasteiger partial charge in [0.1, 0.15) is 0 Å². The van der Waals surface area contributed by atoms with Crippen LogP contribution in [0.25, 0.3) is 0 Å². The molecule has 2 heteroatoms. The lowest BCUT2D eigenvalue weighted by Gasteiger charge is -2.48. The van der Waals surface area contributed by atoms with Gasteiger partial charge in [0.15, 0.2) is 0 Å². The fourth-order valence-electron chi connectivity index (χ4n) is 3.26. The van der Waals surface area contributed by atoms with Gasteiger partial charge in [0, 0.05) is 11.5 Å². The molecule has 2 rings (SSSR count). The van der Waals surface area contributed by atoms with Crippen LogP contribution in [0.2, 0.25) is 0 Å². The van der Waals surface area contributed by atoms with Crippen LogP contribution in [0.15, 0.2) is 30.3 Å². The third-order valence-corrected chi connectivity index (χ3v) is 4.65. The molecule has 0 aliphatic heterocycles. The van der Waals surface area contributed by atoms with Crippen molar-refractivity contribution < 1.29 is 0 Å². The second-order valence-corrected chi connectivity index (χ2v) is 7.19. The van der Waals surface area contributed by atoms with Gasteiger partial charge >= 0.3 is 0 Å². The standard InChI is InChI=1S/C17H28N2/c1-16(2,3)13-10-15(19-18)17(11-7-12-17)14-8-5-4-6-9-14/h4-6,8-9,15,19H,7,10-13,18H2,1-3H3. The van der Waals surface area contributed by atoms with E-state index in [4.69, 9.17) is 5.84 Å². The summed E-state index contributed by atoms with van der Waals surface area (Å²) in [6, 6.07) is 11.3. The Hall–Kier alpha value is -0.860. The van der Waals surface area contributed by atoms with Gasteiger partial charge in [-0.05, 0) is 36.7 Å². The van der Waals surface area contributed by atoms with Crippen molar-refractivity contribution in [3.8, 4) is 0 Å². The molecule has 1 fully saturated rings. The molecule has 106 valence electrons. The summed E-state index contributed by atoms with van der Waals surface area (Å²) >= 11 is 0. The Kier molecular flexibility index (Phi) is 4.32. The van der Waals surface area contributed by atoms with Gasteiger partial charge in [-0.2, -0.15) is 0 Å². The molecule has 0 bridgehead atoms. The molecule has 0 saturated heterocycles. The highest BCUT2D eigenvalue weighted by Gasteiger charge is 2.44. The van der Waals surface area contributed by atoms with Crippen LogP contribution in [0.4, 0.5) is 0 Å². The van der Waals surface area contributed by atoms with Gasteiger partial charge < -0.3 is 0 Å². The molecule has 2 nitrogen and oxygen atoms in total. The lowest BCUT2D eigenvalue weighted by molar-refractivity contribution is 0.149. The number of nitrogens with two attached hydrogens (primary N) is 1. The molecule has 1 aliphatic rings. The first-order valence-corrected chi connectivity index (χ1v) is 7.50. The molecule has 3 N–H and O–H groups in total. The van der Waals surface area contributed by atoms with Crippen LogP contribution < -0.4 is 11.3 Å². The third-order valence-electron chi connectivity index (χ3n) is 4.65. The summed E-state index contributed by atoms with van der Waals surface area (Å²) in [4.78, 5) is 0. The molecular weight excluding hydrogens is 232 g/mol. The molecule has 0 heterocycles. The van der Waals surface area contributed by atoms with E-state index < -0.39 is 0 Å². The quantitative estimate of drug-likeness (QED) is 0.625. The third kappa shape index (κ3) is 3.18. The summed E-state index contributed by atoms with van der Waals surface area (Å²) in [5.74, 6) is 5.89. The average Bonchev–Trinajstić information content (AvgIpc) is 2.32. The maximum absolute atomic E-state index is 5.89. The molecule has 0 aromatic heterocycles. The SMILES string of the molecule is CC(C)(C)CCC(NN)C1(c2ccccc2)CCC1. The van der Waals surface area contributed by atoms with Gasteiger partial charge in [0.05, 0.1) is 0 Å². The summed E-state index contributed by atoms with van der Waals surface area (Å²) < 4.78 is 0. The second-order valence-electron chi connectivity index (χ2n) is 7.19. The zero-order valence-electron chi connectivity index (χ0n) is 12.6. The topological polar surface area (TPSA) is 38.0 Å². The molecule has 1 aromatic rings. The molecule has 0 radical (unpaired) electrons. The van der Waals surface area contributed by atoms with Crippen molar-refractivity contribution in [1.29, 1.82) is 0 Å². The first-order chi connectivity index (χ1) is 8.98. The normalized spacial score (nSPS) is 19.8. The van der Waals surface area contributed by atoms with Gasteiger partial charge in [0.2, 0.25) is 0 Å². The Balaban J connectivity index is 2.15. The average molecular weight is 260 g/mol. The zero-order chi connectivity index (χ0) is 13.9. The number of hydrogen-bond acceptors (Lipinski definition) is 2. The van der Waals surface area contributed by atoms with Crippen LogP contribution in [0, 0.1) is 5.41 Å². The van der Waals surface area contributed by atoms with Crippen molar-refractivity contribution in [2.24, 2.45) is 11.3 Å². The molecule has 1 unspecified atom stereocenters. The van der Waals surface area contributed by atoms with E-state index in [2.05, 4.69) is 56.5 Å². The summed E-state index contributed by atoms with van der Waals surface area (Å²) in [6.45, 7) is 6.91. The lowest BCUT2D eigenvalue weighted by atomic mass is 9.59. The second kappa shape index (κ2) is 5.64. The van der Waals surface area contributed by atoms with Crippen LogP contribution in [0.3, 0.4) is 0 Å². The smallest absolute Gasteiger partial charge is 0.0307 e. The highest BCUT2D eigenvalue weighted by atomic mass is 15.2. The minimum atomic E-state index is 0.265. The van der Waals surface area contributed by atoms with Gasteiger partial charge in [-0.3, -0.25) is 11.3 Å². The molecule has 1 atom stereocenters. The number of rotatable bonds is 5. The van der Waals surface area contributed by atoms with Gasteiger partial charge in [-0.25, -0.2) is 0 Å². The fourth-order valence-corrected chi connectivity index (χ4v) is 3.26. The molecule has 1 aromatic carbocycles. The van der Waals surface area contributed by atoms with E-state index in [1.165, 1.54) is 31.2 Å². The van der Waals surface area contributed by atoms with E-state index in [-0.39, 0.29) is 5.41 Å². The van der Waals surface area contributed by atoms with Crippen molar-refractivity contribution in [3.63, 3.8) is 0 Å². The predicted molar refractivity (Wildman–Crippen MR) is 81.8 cm³/mol. The van der Waals surface area contributed by atoms with Crippen LogP contribution >= 0.6 is 0 Å². The van der Waals surface area contributed by atoms with Crippen molar-refractivity contribution in [2.45, 2.75) is 64.3 Å². The lowest BCUT2D eigenvalue weighted by Crippen LogP contribution is -2.55. The van der Waals surface area contributed by atoms with Crippen molar-refractivity contribution in [1.82, 2.24) is 5.43 Å². The van der Waals surface area contributed by atoms with E-state index in [9.17, 15) is 0 Å². The van der Waals surface area contributed by atoms with E-state index in [1.54, 1.807) is 0 Å². The van der Waals surface area contributed by atoms with E-state index in [0.717, 1.165) is 6.42 Å². The van der Waals surface area contributed by atoms with Gasteiger partial charge in [-0.1, -0.05) is 57.5 Å². The van der Waals surface area contributed by atoms with Gasteiger partial charge in [0.25, 0.3) is 0 Å². The highest BCUT2D eigenvalue weighted by molar-refractivity contribution is 5.30. The van der Waals surface area contributed by atoms with Crippen molar-refractivity contribution >= 4 is 0 Å². The molecule has 1 aliphatic carbocycles. The first-order valence-electron chi connectivity index (χ1n) is 7.50. The molecule has 1 saturated carbocycles. The summed E-state index contributed by atoms with van der Waals surface area (Å²) in [7, 11) is 0. The number of hydrogen-bond donors (Lipinski definition) is 2. The van der Waals surface area contributed by atoms with E-state index in [1.807, 2.05) is 0 Å². The number of benzene rings is 1. The Morgan fingerprint density at radius 3 is 2.26 bits per heavy atom. The van der Waals surface area contributed by atoms with E-state index >= 15 is 0 Å². The Labute approximate surface area is 117 Å². The fraction of sp³-hybridized carbons (Fsp3) is 0.647. The monoisotopic (exact) mass is 260 g/mol. The Bertz CT molecular complexity index is 387. The Morgan fingerprint density at radius 1 is 1.21 bits per heavy atom. The maximum atomic E-state index is 5.89. The van der Waals surface area contributed by atoms with E-state index in [0.29, 0.717) is 11.5 Å². The molecule has 19 heavy (non-hydrogen) atoms. The predicted octanol–water partition coefficient (Wildman–Crippen LogP) is 3.77. The summed E-state index contributed by atoms with van der Waals surface area (Å²) in [5, 5.41) is 0. The van der Waals surface area contributed by atoms with Crippen LogP contribution in [-0.4, -0.2) is 6.04 Å². The molecular formula is C17H28N2. The van der Waals surface area contributed by atoms with Crippen LogP contribution in [0.1, 0.15) is 58.4 Å². The summed E-state index contributed by atoms with van der Waals surface area (Å²) in [6.07, 6.45) is 6.19. The minimum absolute atomic E-state index is 0.265. The molecule has 0 amide bonds. The minimum Gasteiger partial charge on any atom is -0.271 e. The van der Waals surface area contributed by atoms with Crippen LogP contribution in [0.5, 0.6) is 0 Å². The first kappa shape index (κ1) is 14.5. The van der Waals surface area contributed by atoms with Gasteiger partial charge in [-0.15, -0.1) is 0 Å². The molecule has 0 spiro atoms. The van der Waals surface area contributed by atoms with Crippen molar-refractivity contribution in [3.05, 3.63) is 35.9 Å². The van der Waals surface area contributed by atoms with Crippen LogP contribution in [-0.2, 0) is 5.41 Å². The zero-order valence-corrected chi connectivity index (χ0v) is 12.6. The largest absolute Gasteiger partial charge is 0.271 e. The highest BCUT2D eigenvalue weighted by Crippen LogP contribution is 2.47. The maximum Gasteiger partial charge on any atom is 0.0307 e. The summed E-state index contributed by atoms with van der Waals surface area (Å²) in [5.41, 5.74) is 5.21. The number of nitrogens with one attached hydrogen (secondary N) is 1. The number of hydrazine groups is 1. The van der Waals surface area contributed by atoms with Crippen molar-refractivity contribution in [2.75, 3.05) is 0 Å². The Morgan fingerprint density at radius 2 is 1.84 bits per heavy atom.